The minimum absolute atomic E-state index is 0.0531. The van der Waals surface area contributed by atoms with Crippen molar-refractivity contribution in [1.82, 2.24) is 15.1 Å². The molecule has 1 saturated heterocycles. The third-order valence-electron chi connectivity index (χ3n) is 5.58. The number of hydrogen-bond donors (Lipinski definition) is 2. The van der Waals surface area contributed by atoms with Gasteiger partial charge >= 0.3 is 0 Å². The molecule has 0 aromatic rings. The number of allylic oxidation sites excluding steroid dienone is 5. The molecule has 194 valence electrons. The first-order valence-electron chi connectivity index (χ1n) is 11.3. The lowest BCUT2D eigenvalue weighted by atomic mass is 10.0. The molecule has 10 heteroatoms. The number of unbranched alkanes of at least 4 members (excludes halogenated alkanes) is 1. The van der Waals surface area contributed by atoms with Crippen molar-refractivity contribution >= 4 is 17.6 Å². The molecule has 1 aliphatic rings. The van der Waals surface area contributed by atoms with E-state index in [0.717, 1.165) is 12.8 Å². The fourth-order valence-corrected chi connectivity index (χ4v) is 3.46. The number of nitrogens with zero attached hydrogens (tertiary/aromatic N) is 2. The first-order chi connectivity index (χ1) is 16.5. The summed E-state index contributed by atoms with van der Waals surface area (Å²) in [5, 5.41) is 13.1. The number of rotatable bonds is 12. The topological polar surface area (TPSA) is 99.2 Å². The van der Waals surface area contributed by atoms with Crippen LogP contribution in [0.4, 0.5) is 8.78 Å². The number of hydrogen-bond acceptors (Lipinski definition) is 6. The number of likely N-dealkylation sites (N-methyl/N-ethyl adjacent to an activating group) is 2. The Labute approximate surface area is 205 Å². The molecule has 0 bridgehead atoms. The first kappa shape index (κ1) is 29.8. The van der Waals surface area contributed by atoms with Gasteiger partial charge in [-0.1, -0.05) is 38.2 Å². The quantitative estimate of drug-likeness (QED) is 0.108. The zero-order valence-corrected chi connectivity index (χ0v) is 21.0. The van der Waals surface area contributed by atoms with E-state index >= 15 is 0 Å². The number of ether oxygens (including phenoxy) is 1. The molecule has 0 radical (unpaired) electrons. The smallest absolute Gasteiger partial charge is 0.276 e. The molecule has 35 heavy (non-hydrogen) atoms. The van der Waals surface area contributed by atoms with E-state index in [4.69, 9.17) is 4.74 Å². The Morgan fingerprint density at radius 2 is 2.00 bits per heavy atom. The van der Waals surface area contributed by atoms with Gasteiger partial charge in [0.25, 0.3) is 11.8 Å². The van der Waals surface area contributed by atoms with E-state index in [1.165, 1.54) is 49.0 Å². The van der Waals surface area contributed by atoms with Gasteiger partial charge in [-0.2, -0.15) is 0 Å². The highest BCUT2D eigenvalue weighted by Gasteiger charge is 2.44. The van der Waals surface area contributed by atoms with Crippen LogP contribution in [0.1, 0.15) is 33.6 Å². The van der Waals surface area contributed by atoms with Crippen LogP contribution in [0.2, 0.25) is 0 Å². The number of alkyl halides is 1. The number of carbonyl (C=O) groups is 3. The molecule has 1 atom stereocenters. The molecule has 0 aromatic heterocycles. The maximum Gasteiger partial charge on any atom is 0.276 e. The van der Waals surface area contributed by atoms with E-state index < -0.39 is 47.2 Å². The zero-order chi connectivity index (χ0) is 26.8. The average molecular weight is 496 g/mol. The highest BCUT2D eigenvalue weighted by Crippen LogP contribution is 2.29. The van der Waals surface area contributed by atoms with E-state index in [1.54, 1.807) is 6.92 Å². The molecule has 1 heterocycles. The summed E-state index contributed by atoms with van der Waals surface area (Å²) in [4.78, 5) is 41.4. The van der Waals surface area contributed by atoms with Gasteiger partial charge in [0.2, 0.25) is 5.78 Å². The number of aliphatic hydroxyl groups excluding tert-OH is 1. The summed E-state index contributed by atoms with van der Waals surface area (Å²) in [6, 6.07) is 0. The second-order valence-electron chi connectivity index (χ2n) is 8.14. The van der Waals surface area contributed by atoms with Crippen molar-refractivity contribution in [3.63, 3.8) is 0 Å². The summed E-state index contributed by atoms with van der Waals surface area (Å²) in [6.45, 7) is 7.83. The van der Waals surface area contributed by atoms with Gasteiger partial charge in [-0.15, -0.1) is 0 Å². The van der Waals surface area contributed by atoms with Crippen molar-refractivity contribution in [2.24, 2.45) is 0 Å². The minimum atomic E-state index is -1.07. The summed E-state index contributed by atoms with van der Waals surface area (Å²) in [7, 11) is 3.04. The number of amides is 2. The lowest BCUT2D eigenvalue weighted by Crippen LogP contribution is -2.61. The van der Waals surface area contributed by atoms with Crippen LogP contribution in [0.25, 0.3) is 0 Å². The Kier molecular flexibility index (Phi) is 11.5. The van der Waals surface area contributed by atoms with Crippen molar-refractivity contribution in [3.05, 3.63) is 59.3 Å². The van der Waals surface area contributed by atoms with Gasteiger partial charge in [0.1, 0.15) is 18.2 Å². The predicted molar refractivity (Wildman–Crippen MR) is 130 cm³/mol. The van der Waals surface area contributed by atoms with E-state index in [2.05, 4.69) is 11.9 Å². The van der Waals surface area contributed by atoms with E-state index in [-0.39, 0.29) is 24.4 Å². The van der Waals surface area contributed by atoms with Crippen LogP contribution in [0.3, 0.4) is 0 Å². The number of ketones is 1. The maximum absolute atomic E-state index is 14.0. The van der Waals surface area contributed by atoms with Crippen LogP contribution in [-0.2, 0) is 19.1 Å². The van der Waals surface area contributed by atoms with Crippen LogP contribution in [0, 0.1) is 0 Å². The van der Waals surface area contributed by atoms with Gasteiger partial charge < -0.3 is 25.0 Å². The monoisotopic (exact) mass is 495 g/mol. The molecule has 1 rings (SSSR count). The highest BCUT2D eigenvalue weighted by atomic mass is 19.1. The summed E-state index contributed by atoms with van der Waals surface area (Å²) in [6.07, 6.45) is 6.12. The Balaban J connectivity index is 3.13. The molecule has 0 aliphatic carbocycles. The van der Waals surface area contributed by atoms with Crippen LogP contribution in [-0.4, -0.2) is 78.7 Å². The number of halogens is 2. The maximum atomic E-state index is 14.0. The molecule has 2 amide bonds. The van der Waals surface area contributed by atoms with Crippen molar-refractivity contribution in [2.45, 2.75) is 39.3 Å². The molecule has 2 N–H and O–H groups in total. The van der Waals surface area contributed by atoms with Crippen LogP contribution in [0.5, 0.6) is 0 Å². The van der Waals surface area contributed by atoms with Crippen molar-refractivity contribution in [1.29, 1.82) is 0 Å². The Morgan fingerprint density at radius 3 is 2.54 bits per heavy atom. The van der Waals surface area contributed by atoms with Crippen molar-refractivity contribution in [3.8, 4) is 0 Å². The summed E-state index contributed by atoms with van der Waals surface area (Å²) in [5.74, 6) is -4.40. The number of aliphatic hydroxyl groups is 1. The van der Waals surface area contributed by atoms with Gasteiger partial charge in [0.15, 0.2) is 11.5 Å². The molecule has 1 aliphatic heterocycles. The standard InChI is InChI=1S/C25H35F2N3O5/c1-7-10-14-35-25(4)16-29(5)20(24(34)30(25)6)22(32)21(31)18(9-3)23(33)28-15-17(11-8-2)19(27)12-13-26/h8-9,11-12,32H,2,7,10,13-16H2,1,3-6H3,(H,28,33)/b17-11-,18-9+,19-12+,22-20+. The second-order valence-corrected chi connectivity index (χ2v) is 8.14. The molecule has 1 fully saturated rings. The lowest BCUT2D eigenvalue weighted by molar-refractivity contribution is -0.178. The zero-order valence-electron chi connectivity index (χ0n) is 21.0. The van der Waals surface area contributed by atoms with Gasteiger partial charge in [-0.3, -0.25) is 14.4 Å². The largest absolute Gasteiger partial charge is 0.503 e. The summed E-state index contributed by atoms with van der Waals surface area (Å²) < 4.78 is 32.3. The van der Waals surface area contributed by atoms with Crippen LogP contribution in [0.15, 0.2) is 59.3 Å². The number of carbonyl (C=O) groups excluding carboxylic acids is 3. The van der Waals surface area contributed by atoms with E-state index in [9.17, 15) is 28.3 Å². The SMILES string of the molecule is C=C/C=C(CNC(=O)/C(=C/C)C(=O)/C(O)=C1/C(=O)N(C)C(C)(OCCCC)CN1C)\C(F)=C/CF. The van der Waals surface area contributed by atoms with E-state index in [1.807, 2.05) is 6.92 Å². The van der Waals surface area contributed by atoms with Gasteiger partial charge in [0.05, 0.1) is 12.1 Å². The highest BCUT2D eigenvalue weighted by molar-refractivity contribution is 6.26. The predicted octanol–water partition coefficient (Wildman–Crippen LogP) is 3.26. The molecule has 0 aromatic carbocycles. The molecule has 0 spiro atoms. The fourth-order valence-electron chi connectivity index (χ4n) is 3.46. The normalized spacial score (nSPS) is 21.2. The van der Waals surface area contributed by atoms with Gasteiger partial charge in [0, 0.05) is 32.8 Å². The number of piperazine rings is 1. The Bertz CT molecular complexity index is 955. The summed E-state index contributed by atoms with van der Waals surface area (Å²) >= 11 is 0. The molecule has 8 nitrogen and oxygen atoms in total. The van der Waals surface area contributed by atoms with Gasteiger partial charge in [-0.05, 0) is 26.3 Å². The Hall–Kier alpha value is -3.27. The second kappa shape index (κ2) is 13.6. The van der Waals surface area contributed by atoms with E-state index in [0.29, 0.717) is 12.7 Å². The molecule has 0 saturated carbocycles. The van der Waals surface area contributed by atoms with Crippen molar-refractivity contribution in [2.75, 3.05) is 40.5 Å². The molecule has 1 unspecified atom stereocenters. The molecular formula is C25H35F2N3O5. The fraction of sp³-hybridized carbons (Fsp3) is 0.480. The van der Waals surface area contributed by atoms with Crippen LogP contribution >= 0.6 is 0 Å². The number of nitrogens with one attached hydrogen (secondary N) is 1. The lowest BCUT2D eigenvalue weighted by Gasteiger charge is -2.47. The van der Waals surface area contributed by atoms with Gasteiger partial charge in [-0.25, -0.2) is 8.78 Å². The third kappa shape index (κ3) is 7.35. The first-order valence-corrected chi connectivity index (χ1v) is 11.3. The van der Waals surface area contributed by atoms with Crippen molar-refractivity contribution < 1.29 is 33.0 Å². The molecular weight excluding hydrogens is 460 g/mol. The number of Topliss-reactive ketones (excluding diaryl/α,β-unsaturated/α-hetero) is 1. The Morgan fingerprint density at radius 1 is 1.34 bits per heavy atom. The third-order valence-corrected chi connectivity index (χ3v) is 5.58. The van der Waals surface area contributed by atoms with Crippen LogP contribution < -0.4 is 5.32 Å². The minimum Gasteiger partial charge on any atom is -0.503 e. The summed E-state index contributed by atoms with van der Waals surface area (Å²) in [5.41, 5.74) is -1.74. The average Bonchev–Trinajstić information content (AvgIpc) is 2.80.